The van der Waals surface area contributed by atoms with E-state index >= 15 is 0 Å². The summed E-state index contributed by atoms with van der Waals surface area (Å²) < 4.78 is 12.9. The number of rotatable bonds is 6. The lowest BCUT2D eigenvalue weighted by molar-refractivity contribution is 0.238. The Morgan fingerprint density at radius 3 is 2.82 bits per heavy atom. The molecule has 0 aliphatic carbocycles. The first kappa shape index (κ1) is 18.3. The summed E-state index contributed by atoms with van der Waals surface area (Å²) in [6.45, 7) is 2.79. The molecular formula is C21H25N5O2. The monoisotopic (exact) mass is 379 g/mol. The number of benzene rings is 1. The fourth-order valence-corrected chi connectivity index (χ4v) is 3.48. The van der Waals surface area contributed by atoms with Gasteiger partial charge in [-0.2, -0.15) is 0 Å². The lowest BCUT2D eigenvalue weighted by Gasteiger charge is -2.28. The summed E-state index contributed by atoms with van der Waals surface area (Å²) in [5.74, 6) is 2.01. The molecule has 3 heterocycles. The highest BCUT2D eigenvalue weighted by molar-refractivity contribution is 5.64. The van der Waals surface area contributed by atoms with Crippen LogP contribution in [0.25, 0.3) is 0 Å². The number of hydrogen-bond donors (Lipinski definition) is 1. The second-order valence-electron chi connectivity index (χ2n) is 6.93. The Morgan fingerprint density at radius 2 is 2.07 bits per heavy atom. The molecular weight excluding hydrogens is 354 g/mol. The van der Waals surface area contributed by atoms with Crippen molar-refractivity contribution in [2.75, 3.05) is 26.1 Å². The number of nitrogens with one attached hydrogen (secondary N) is 1. The molecule has 1 aliphatic heterocycles. The maximum atomic E-state index is 5.44. The number of anilines is 2. The summed E-state index contributed by atoms with van der Waals surface area (Å²) in [7, 11) is 5.35. The topological polar surface area (TPSA) is 64.4 Å². The number of aryl methyl sites for hydroxylation is 1. The molecule has 0 fully saturated rings. The molecule has 1 N–H and O–H groups in total. The second kappa shape index (κ2) is 7.90. The molecule has 1 aromatic carbocycles. The Balaban J connectivity index is 1.47. The van der Waals surface area contributed by atoms with Gasteiger partial charge in [-0.3, -0.25) is 4.90 Å². The van der Waals surface area contributed by atoms with Crippen LogP contribution in [0.1, 0.15) is 17.0 Å². The van der Waals surface area contributed by atoms with Crippen LogP contribution in [0.15, 0.2) is 42.7 Å². The van der Waals surface area contributed by atoms with Gasteiger partial charge in [0.05, 0.1) is 25.6 Å². The van der Waals surface area contributed by atoms with Gasteiger partial charge in [0.25, 0.3) is 0 Å². The molecule has 0 saturated carbocycles. The van der Waals surface area contributed by atoms with E-state index in [1.165, 1.54) is 11.3 Å². The van der Waals surface area contributed by atoms with Gasteiger partial charge in [-0.15, -0.1) is 0 Å². The lowest BCUT2D eigenvalue weighted by Crippen LogP contribution is -2.31. The van der Waals surface area contributed by atoms with Gasteiger partial charge >= 0.3 is 0 Å². The molecule has 4 rings (SSSR count). The van der Waals surface area contributed by atoms with E-state index in [1.54, 1.807) is 14.2 Å². The molecule has 0 atom stereocenters. The summed E-state index contributed by atoms with van der Waals surface area (Å²) in [4.78, 5) is 11.7. The number of ether oxygens (including phenoxy) is 2. The first-order valence-electron chi connectivity index (χ1n) is 9.32. The summed E-state index contributed by atoms with van der Waals surface area (Å²) >= 11 is 0. The minimum absolute atomic E-state index is 0.582. The highest BCUT2D eigenvalue weighted by Gasteiger charge is 2.19. The SMILES string of the molecule is COc1ccc(Nc2ncc3c(n2)CCN(Cc2cccn2C)C3)c(OC)c1. The predicted molar refractivity (Wildman–Crippen MR) is 108 cm³/mol. The van der Waals surface area contributed by atoms with Crippen molar-refractivity contribution >= 4 is 11.6 Å². The van der Waals surface area contributed by atoms with E-state index in [-0.39, 0.29) is 0 Å². The van der Waals surface area contributed by atoms with Crippen molar-refractivity contribution in [1.29, 1.82) is 0 Å². The minimum atomic E-state index is 0.582. The molecule has 0 radical (unpaired) electrons. The van der Waals surface area contributed by atoms with Gasteiger partial charge in [-0.05, 0) is 24.3 Å². The van der Waals surface area contributed by atoms with Gasteiger partial charge in [0, 0.05) is 62.8 Å². The van der Waals surface area contributed by atoms with Gasteiger partial charge in [0.1, 0.15) is 11.5 Å². The lowest BCUT2D eigenvalue weighted by atomic mass is 10.1. The van der Waals surface area contributed by atoms with E-state index in [2.05, 4.69) is 45.1 Å². The highest BCUT2D eigenvalue weighted by Crippen LogP contribution is 2.31. The summed E-state index contributed by atoms with van der Waals surface area (Å²) in [5, 5.41) is 3.26. The molecule has 28 heavy (non-hydrogen) atoms. The molecule has 3 aromatic rings. The van der Waals surface area contributed by atoms with Crippen molar-refractivity contribution in [3.8, 4) is 11.5 Å². The predicted octanol–water partition coefficient (Wildman–Crippen LogP) is 3.13. The van der Waals surface area contributed by atoms with Crippen LogP contribution in [-0.2, 0) is 26.6 Å². The van der Waals surface area contributed by atoms with Gasteiger partial charge in [0.2, 0.25) is 5.95 Å². The number of fused-ring (bicyclic) bond motifs is 1. The van der Waals surface area contributed by atoms with E-state index in [9.17, 15) is 0 Å². The van der Waals surface area contributed by atoms with E-state index < -0.39 is 0 Å². The number of methoxy groups -OCH3 is 2. The Kier molecular flexibility index (Phi) is 5.16. The number of hydrogen-bond acceptors (Lipinski definition) is 6. The smallest absolute Gasteiger partial charge is 0.227 e. The van der Waals surface area contributed by atoms with Crippen LogP contribution in [0.3, 0.4) is 0 Å². The third kappa shape index (κ3) is 3.80. The number of aromatic nitrogens is 3. The summed E-state index contributed by atoms with van der Waals surface area (Å²) in [6.07, 6.45) is 4.93. The van der Waals surface area contributed by atoms with Crippen LogP contribution in [0.4, 0.5) is 11.6 Å². The first-order chi connectivity index (χ1) is 13.7. The van der Waals surface area contributed by atoms with Crippen LogP contribution in [0, 0.1) is 0 Å². The fourth-order valence-electron chi connectivity index (χ4n) is 3.48. The Labute approximate surface area is 164 Å². The van der Waals surface area contributed by atoms with Crippen LogP contribution in [0.5, 0.6) is 11.5 Å². The van der Waals surface area contributed by atoms with Crippen molar-refractivity contribution in [3.05, 3.63) is 59.7 Å². The average molecular weight is 379 g/mol. The van der Waals surface area contributed by atoms with E-state index in [0.29, 0.717) is 11.7 Å². The summed E-state index contributed by atoms with van der Waals surface area (Å²) in [6, 6.07) is 9.87. The maximum Gasteiger partial charge on any atom is 0.227 e. The van der Waals surface area contributed by atoms with E-state index in [0.717, 1.165) is 43.2 Å². The van der Waals surface area contributed by atoms with Crippen molar-refractivity contribution in [2.24, 2.45) is 7.05 Å². The molecule has 0 bridgehead atoms. The molecule has 0 spiro atoms. The Hall–Kier alpha value is -3.06. The van der Waals surface area contributed by atoms with Crippen LogP contribution >= 0.6 is 0 Å². The van der Waals surface area contributed by atoms with E-state index in [4.69, 9.17) is 14.5 Å². The maximum absolute atomic E-state index is 5.44. The summed E-state index contributed by atoms with van der Waals surface area (Å²) in [5.41, 5.74) is 4.42. The Morgan fingerprint density at radius 1 is 1.18 bits per heavy atom. The largest absolute Gasteiger partial charge is 0.497 e. The standard InChI is InChI=1S/C21H25N5O2/c1-25-9-4-5-16(25)14-26-10-8-18-15(13-26)12-22-21(23-18)24-19-7-6-17(27-2)11-20(19)28-3/h4-7,9,11-12H,8,10,13-14H2,1-3H3,(H,22,23,24). The Bertz CT molecular complexity index is 969. The van der Waals surface area contributed by atoms with Gasteiger partial charge in [0.15, 0.2) is 0 Å². The molecule has 146 valence electrons. The normalized spacial score (nSPS) is 13.8. The number of nitrogens with zero attached hydrogens (tertiary/aromatic N) is 4. The van der Waals surface area contributed by atoms with E-state index in [1.807, 2.05) is 24.4 Å². The highest BCUT2D eigenvalue weighted by atomic mass is 16.5. The zero-order valence-electron chi connectivity index (χ0n) is 16.5. The molecule has 0 unspecified atom stereocenters. The second-order valence-corrected chi connectivity index (χ2v) is 6.93. The van der Waals surface area contributed by atoms with Crippen molar-refractivity contribution < 1.29 is 9.47 Å². The molecule has 2 aromatic heterocycles. The fraction of sp³-hybridized carbons (Fsp3) is 0.333. The van der Waals surface area contributed by atoms with Gasteiger partial charge in [-0.25, -0.2) is 9.97 Å². The quantitative estimate of drug-likeness (QED) is 0.710. The third-order valence-electron chi connectivity index (χ3n) is 5.11. The van der Waals surface area contributed by atoms with Crippen molar-refractivity contribution in [1.82, 2.24) is 19.4 Å². The van der Waals surface area contributed by atoms with Crippen LogP contribution in [-0.4, -0.2) is 40.2 Å². The average Bonchev–Trinajstić information content (AvgIpc) is 3.12. The van der Waals surface area contributed by atoms with Crippen molar-refractivity contribution in [3.63, 3.8) is 0 Å². The van der Waals surface area contributed by atoms with Crippen LogP contribution in [0.2, 0.25) is 0 Å². The van der Waals surface area contributed by atoms with Crippen molar-refractivity contribution in [2.45, 2.75) is 19.5 Å². The zero-order valence-corrected chi connectivity index (χ0v) is 16.5. The van der Waals surface area contributed by atoms with Gasteiger partial charge < -0.3 is 19.4 Å². The first-order valence-corrected chi connectivity index (χ1v) is 9.32. The molecule has 7 heteroatoms. The van der Waals surface area contributed by atoms with Crippen LogP contribution < -0.4 is 14.8 Å². The minimum Gasteiger partial charge on any atom is -0.497 e. The molecule has 0 saturated heterocycles. The molecule has 0 amide bonds. The van der Waals surface area contributed by atoms with Gasteiger partial charge in [-0.1, -0.05) is 0 Å². The molecule has 1 aliphatic rings. The molecule has 7 nitrogen and oxygen atoms in total. The zero-order chi connectivity index (χ0) is 19.5. The third-order valence-corrected chi connectivity index (χ3v) is 5.11.